The van der Waals surface area contributed by atoms with E-state index in [1.54, 1.807) is 11.3 Å². The van der Waals surface area contributed by atoms with Crippen molar-refractivity contribution in [2.45, 2.75) is 56.9 Å². The van der Waals surface area contributed by atoms with E-state index in [9.17, 15) is 0 Å². The van der Waals surface area contributed by atoms with Gasteiger partial charge in [-0.2, -0.15) is 0 Å². The van der Waals surface area contributed by atoms with E-state index in [4.69, 9.17) is 0 Å². The van der Waals surface area contributed by atoms with Crippen molar-refractivity contribution >= 4 is 32.9 Å². The molecule has 0 aromatic carbocycles. The number of anilines is 2. The molecule has 0 saturated carbocycles. The molecular weight excluding hydrogens is 388 g/mol. The molecule has 0 aliphatic carbocycles. The van der Waals surface area contributed by atoms with Crippen LogP contribution < -0.4 is 9.80 Å². The maximum atomic E-state index is 4.61. The normalized spacial score (nSPS) is 25.4. The van der Waals surface area contributed by atoms with Gasteiger partial charge in [0.1, 0.15) is 5.01 Å². The van der Waals surface area contributed by atoms with Crippen LogP contribution >= 0.6 is 22.7 Å². The number of hydrogen-bond acceptors (Lipinski definition) is 8. The van der Waals surface area contributed by atoms with Crippen LogP contribution in [0.1, 0.15) is 55.9 Å². The largest absolute Gasteiger partial charge is 0.347 e. The van der Waals surface area contributed by atoms with Gasteiger partial charge in [0.25, 0.3) is 0 Å². The van der Waals surface area contributed by atoms with E-state index < -0.39 is 0 Å². The Hall–Kier alpha value is -1.25. The van der Waals surface area contributed by atoms with E-state index >= 15 is 0 Å². The van der Waals surface area contributed by atoms with Gasteiger partial charge in [0.15, 0.2) is 5.13 Å². The third-order valence-electron chi connectivity index (χ3n) is 6.53. The molecule has 3 saturated heterocycles. The number of likely N-dealkylation sites (tertiary alicyclic amines) is 1. The molecular formula is C20H30N6S2. The van der Waals surface area contributed by atoms with Crippen molar-refractivity contribution in [3.05, 3.63) is 16.6 Å². The Morgan fingerprint density at radius 3 is 2.46 bits per heavy atom. The highest BCUT2D eigenvalue weighted by Gasteiger charge is 2.29. The van der Waals surface area contributed by atoms with Crippen molar-refractivity contribution < 1.29 is 0 Å². The van der Waals surface area contributed by atoms with E-state index in [2.05, 4.69) is 35.3 Å². The van der Waals surface area contributed by atoms with Crippen LogP contribution in [0.4, 0.5) is 10.3 Å². The second kappa shape index (κ2) is 8.63. The van der Waals surface area contributed by atoms with Crippen LogP contribution in [0.5, 0.6) is 0 Å². The Morgan fingerprint density at radius 2 is 1.68 bits per heavy atom. The third-order valence-corrected chi connectivity index (χ3v) is 8.51. The predicted octanol–water partition coefficient (Wildman–Crippen LogP) is 3.83. The van der Waals surface area contributed by atoms with Crippen molar-refractivity contribution in [3.63, 3.8) is 0 Å². The summed E-state index contributed by atoms with van der Waals surface area (Å²) < 4.78 is 0. The number of aromatic nitrogens is 3. The molecule has 0 unspecified atom stereocenters. The van der Waals surface area contributed by atoms with Gasteiger partial charge in [-0.15, -0.1) is 21.5 Å². The summed E-state index contributed by atoms with van der Waals surface area (Å²) in [6.07, 6.45) is 11.1. The lowest BCUT2D eigenvalue weighted by molar-refractivity contribution is 0.141. The van der Waals surface area contributed by atoms with Crippen molar-refractivity contribution in [3.8, 4) is 0 Å². The minimum atomic E-state index is 0.495. The highest BCUT2D eigenvalue weighted by Crippen LogP contribution is 2.35. The fourth-order valence-electron chi connectivity index (χ4n) is 4.95. The Morgan fingerprint density at radius 1 is 0.821 bits per heavy atom. The van der Waals surface area contributed by atoms with Gasteiger partial charge >= 0.3 is 0 Å². The molecule has 28 heavy (non-hydrogen) atoms. The minimum Gasteiger partial charge on any atom is -0.347 e. The lowest BCUT2D eigenvalue weighted by Crippen LogP contribution is -2.46. The first-order valence-corrected chi connectivity index (χ1v) is 12.5. The molecule has 5 heterocycles. The molecule has 1 atom stereocenters. The van der Waals surface area contributed by atoms with Crippen LogP contribution in [0, 0.1) is 0 Å². The first-order chi connectivity index (χ1) is 13.9. The molecule has 0 amide bonds. The van der Waals surface area contributed by atoms with Gasteiger partial charge in [-0.05, 0) is 51.6 Å². The minimum absolute atomic E-state index is 0.495. The van der Waals surface area contributed by atoms with Crippen molar-refractivity contribution in [2.24, 2.45) is 0 Å². The van der Waals surface area contributed by atoms with Gasteiger partial charge in [0, 0.05) is 49.7 Å². The highest BCUT2D eigenvalue weighted by molar-refractivity contribution is 7.15. The summed E-state index contributed by atoms with van der Waals surface area (Å²) in [4.78, 5) is 12.1. The Balaban J connectivity index is 1.18. The van der Waals surface area contributed by atoms with Gasteiger partial charge in [-0.3, -0.25) is 0 Å². The van der Waals surface area contributed by atoms with E-state index in [0.29, 0.717) is 5.92 Å². The lowest BCUT2D eigenvalue weighted by Gasteiger charge is -2.40. The zero-order chi connectivity index (χ0) is 18.8. The van der Waals surface area contributed by atoms with Gasteiger partial charge in [-0.25, -0.2) is 4.98 Å². The summed E-state index contributed by atoms with van der Waals surface area (Å²) in [5.41, 5.74) is 0. The summed E-state index contributed by atoms with van der Waals surface area (Å²) in [6, 6.07) is 0.786. The summed E-state index contributed by atoms with van der Waals surface area (Å²) in [5, 5.41) is 14.8. The van der Waals surface area contributed by atoms with Gasteiger partial charge < -0.3 is 14.7 Å². The van der Waals surface area contributed by atoms with Crippen LogP contribution in [0.2, 0.25) is 0 Å². The fraction of sp³-hybridized carbons (Fsp3) is 0.750. The first-order valence-electron chi connectivity index (χ1n) is 10.8. The molecule has 8 heteroatoms. The second-order valence-electron chi connectivity index (χ2n) is 8.34. The van der Waals surface area contributed by atoms with Crippen molar-refractivity contribution in [2.75, 3.05) is 49.1 Å². The summed E-state index contributed by atoms with van der Waals surface area (Å²) in [7, 11) is 0. The lowest BCUT2D eigenvalue weighted by atomic mass is 9.99. The molecule has 3 aliphatic rings. The molecule has 0 radical (unpaired) electrons. The standard InChI is InChI=1S/C20H30N6S2/c1-2-9-24(10-3-1)17-6-12-25(13-7-17)20-23-22-18(28-20)16-5-4-11-26(15-16)19-21-8-14-27-19/h8,14,16-17H,1-7,9-13,15H2/t16-/m0/s1. The molecule has 2 aromatic heterocycles. The predicted molar refractivity (Wildman–Crippen MR) is 117 cm³/mol. The quantitative estimate of drug-likeness (QED) is 0.752. The zero-order valence-electron chi connectivity index (χ0n) is 16.5. The molecule has 0 bridgehead atoms. The van der Waals surface area contributed by atoms with Gasteiger partial charge in [0.05, 0.1) is 0 Å². The van der Waals surface area contributed by atoms with Crippen LogP contribution in [0.25, 0.3) is 0 Å². The smallest absolute Gasteiger partial charge is 0.208 e. The first kappa shape index (κ1) is 18.8. The van der Waals surface area contributed by atoms with Gasteiger partial charge in [-0.1, -0.05) is 17.8 Å². The average Bonchev–Trinajstić information content (AvgIpc) is 3.47. The number of thiazole rings is 1. The molecule has 6 nitrogen and oxygen atoms in total. The van der Waals surface area contributed by atoms with E-state index in [1.807, 2.05) is 17.5 Å². The SMILES string of the molecule is c1csc(N2CCC[C@H](c3nnc(N4CCC(N5CCCCC5)CC4)s3)C2)n1. The Kier molecular flexibility index (Phi) is 5.78. The molecule has 5 rings (SSSR count). The molecule has 2 aromatic rings. The second-order valence-corrected chi connectivity index (χ2v) is 10.2. The molecule has 0 N–H and O–H groups in total. The maximum Gasteiger partial charge on any atom is 0.208 e. The summed E-state index contributed by atoms with van der Waals surface area (Å²) in [5.74, 6) is 0.495. The fourth-order valence-corrected chi connectivity index (χ4v) is 6.65. The number of rotatable bonds is 4. The molecule has 152 valence electrons. The van der Waals surface area contributed by atoms with E-state index in [0.717, 1.165) is 42.5 Å². The average molecular weight is 419 g/mol. The van der Waals surface area contributed by atoms with E-state index in [1.165, 1.54) is 63.0 Å². The summed E-state index contributed by atoms with van der Waals surface area (Å²) >= 11 is 3.56. The molecule has 0 spiro atoms. The van der Waals surface area contributed by atoms with Crippen molar-refractivity contribution in [1.82, 2.24) is 20.1 Å². The number of hydrogen-bond donors (Lipinski definition) is 0. The topological polar surface area (TPSA) is 48.4 Å². The zero-order valence-corrected chi connectivity index (χ0v) is 18.1. The monoisotopic (exact) mass is 418 g/mol. The van der Waals surface area contributed by atoms with E-state index in [-0.39, 0.29) is 0 Å². The Labute approximate surface area is 175 Å². The third kappa shape index (κ3) is 4.04. The highest BCUT2D eigenvalue weighted by atomic mass is 32.1. The Bertz CT molecular complexity index is 734. The van der Waals surface area contributed by atoms with Crippen LogP contribution in [-0.4, -0.2) is 65.4 Å². The molecule has 3 aliphatic heterocycles. The van der Waals surface area contributed by atoms with Gasteiger partial charge in [0.2, 0.25) is 5.13 Å². The van der Waals surface area contributed by atoms with Crippen LogP contribution in [-0.2, 0) is 0 Å². The summed E-state index contributed by atoms with van der Waals surface area (Å²) in [6.45, 7) is 7.02. The van der Waals surface area contributed by atoms with Crippen LogP contribution in [0.15, 0.2) is 11.6 Å². The number of piperidine rings is 3. The van der Waals surface area contributed by atoms with Crippen LogP contribution in [0.3, 0.4) is 0 Å². The molecule has 3 fully saturated rings. The number of nitrogens with zero attached hydrogens (tertiary/aromatic N) is 6. The van der Waals surface area contributed by atoms with Crippen molar-refractivity contribution in [1.29, 1.82) is 0 Å². The maximum absolute atomic E-state index is 4.61.